The number of ether oxygens (including phenoxy) is 1. The smallest absolute Gasteiger partial charge is 0.351 e. The normalized spacial score (nSPS) is 28.5. The summed E-state index contributed by atoms with van der Waals surface area (Å²) in [6, 6.07) is 0. The number of aliphatic hydroxyl groups excluding tert-OH is 2. The van der Waals surface area contributed by atoms with Crippen LogP contribution < -0.4 is 11.4 Å². The van der Waals surface area contributed by atoms with E-state index in [1.165, 1.54) is 10.8 Å². The van der Waals surface area contributed by atoms with Crippen LogP contribution in [-0.4, -0.2) is 38.6 Å². The maximum absolute atomic E-state index is 11.6. The van der Waals surface area contributed by atoms with Crippen LogP contribution in [0.3, 0.4) is 0 Å². The third-order valence-corrected chi connectivity index (χ3v) is 2.82. The highest BCUT2D eigenvalue weighted by Crippen LogP contribution is 2.27. The maximum atomic E-state index is 11.6. The first-order valence-corrected chi connectivity index (χ1v) is 5.32. The van der Waals surface area contributed by atoms with Crippen molar-refractivity contribution in [2.24, 2.45) is 0 Å². The van der Waals surface area contributed by atoms with E-state index in [-0.39, 0.29) is 18.8 Å². The SMILES string of the molecule is Cc1cn(C2O[C@H](CO)C[C@H]2O)c(=O)nc1N. The van der Waals surface area contributed by atoms with Crippen LogP contribution in [0.2, 0.25) is 0 Å². The monoisotopic (exact) mass is 241 g/mol. The van der Waals surface area contributed by atoms with Gasteiger partial charge in [-0.25, -0.2) is 4.79 Å². The lowest BCUT2D eigenvalue weighted by Gasteiger charge is -2.17. The minimum Gasteiger partial charge on any atom is -0.394 e. The summed E-state index contributed by atoms with van der Waals surface area (Å²) in [4.78, 5) is 15.3. The van der Waals surface area contributed by atoms with E-state index in [1.54, 1.807) is 6.92 Å². The fraction of sp³-hybridized carbons (Fsp3) is 0.600. The lowest BCUT2D eigenvalue weighted by Crippen LogP contribution is -2.32. The minimum atomic E-state index is -0.838. The number of nitrogen functional groups attached to an aromatic ring is 1. The summed E-state index contributed by atoms with van der Waals surface area (Å²) in [5.41, 5.74) is 5.57. The van der Waals surface area contributed by atoms with Crippen molar-refractivity contribution in [1.29, 1.82) is 0 Å². The molecule has 1 saturated heterocycles. The van der Waals surface area contributed by atoms with E-state index >= 15 is 0 Å². The van der Waals surface area contributed by atoms with Crippen molar-refractivity contribution in [3.8, 4) is 0 Å². The number of hydrogen-bond acceptors (Lipinski definition) is 6. The highest BCUT2D eigenvalue weighted by atomic mass is 16.5. The van der Waals surface area contributed by atoms with E-state index in [9.17, 15) is 9.90 Å². The third kappa shape index (κ3) is 2.17. The van der Waals surface area contributed by atoms with Gasteiger partial charge in [-0.15, -0.1) is 0 Å². The second-order valence-corrected chi connectivity index (χ2v) is 4.13. The van der Waals surface area contributed by atoms with Gasteiger partial charge in [-0.1, -0.05) is 0 Å². The molecule has 2 heterocycles. The first-order chi connectivity index (χ1) is 8.02. The van der Waals surface area contributed by atoms with E-state index in [4.69, 9.17) is 15.6 Å². The minimum absolute atomic E-state index is 0.164. The van der Waals surface area contributed by atoms with Crippen molar-refractivity contribution in [2.45, 2.75) is 31.8 Å². The largest absolute Gasteiger partial charge is 0.394 e. The van der Waals surface area contributed by atoms with Crippen molar-refractivity contribution >= 4 is 5.82 Å². The van der Waals surface area contributed by atoms with Gasteiger partial charge in [0.05, 0.1) is 12.7 Å². The Morgan fingerprint density at radius 1 is 1.71 bits per heavy atom. The Hall–Kier alpha value is -1.44. The molecule has 1 aliphatic rings. The lowest BCUT2D eigenvalue weighted by atomic mass is 10.2. The maximum Gasteiger partial charge on any atom is 0.351 e. The van der Waals surface area contributed by atoms with Gasteiger partial charge < -0.3 is 20.7 Å². The number of hydrogen-bond donors (Lipinski definition) is 3. The molecule has 0 aliphatic carbocycles. The molecular weight excluding hydrogens is 226 g/mol. The Labute approximate surface area is 97.5 Å². The number of aryl methyl sites for hydroxylation is 1. The molecule has 1 aromatic heterocycles. The van der Waals surface area contributed by atoms with Crippen molar-refractivity contribution in [3.63, 3.8) is 0 Å². The highest BCUT2D eigenvalue weighted by Gasteiger charge is 2.35. The molecule has 0 spiro atoms. The molecule has 0 amide bonds. The van der Waals surface area contributed by atoms with Crippen molar-refractivity contribution in [1.82, 2.24) is 9.55 Å². The van der Waals surface area contributed by atoms with Crippen LogP contribution in [0.25, 0.3) is 0 Å². The summed E-state index contributed by atoms with van der Waals surface area (Å²) in [5, 5.41) is 18.7. The van der Waals surface area contributed by atoms with Crippen LogP contribution in [0.4, 0.5) is 5.82 Å². The Kier molecular flexibility index (Phi) is 3.14. The zero-order valence-corrected chi connectivity index (χ0v) is 9.41. The molecule has 17 heavy (non-hydrogen) atoms. The van der Waals surface area contributed by atoms with Crippen LogP contribution in [0.15, 0.2) is 11.0 Å². The molecule has 1 unspecified atom stereocenters. The zero-order chi connectivity index (χ0) is 12.6. The molecule has 0 saturated carbocycles. The molecule has 0 aromatic carbocycles. The lowest BCUT2D eigenvalue weighted by molar-refractivity contribution is -0.0530. The summed E-state index contributed by atoms with van der Waals surface area (Å²) in [6.45, 7) is 1.52. The van der Waals surface area contributed by atoms with Gasteiger partial charge in [0.2, 0.25) is 0 Å². The Morgan fingerprint density at radius 2 is 2.41 bits per heavy atom. The molecule has 1 aliphatic heterocycles. The van der Waals surface area contributed by atoms with Gasteiger partial charge in [-0.05, 0) is 6.92 Å². The van der Waals surface area contributed by atoms with Crippen LogP contribution in [0, 0.1) is 6.92 Å². The zero-order valence-electron chi connectivity index (χ0n) is 9.41. The van der Waals surface area contributed by atoms with Crippen LogP contribution in [-0.2, 0) is 4.74 Å². The number of anilines is 1. The van der Waals surface area contributed by atoms with Gasteiger partial charge in [0.1, 0.15) is 11.9 Å². The molecule has 0 radical (unpaired) electrons. The Bertz CT molecular complexity index is 473. The molecule has 7 heteroatoms. The van der Waals surface area contributed by atoms with Crippen molar-refractivity contribution < 1.29 is 14.9 Å². The summed E-state index contributed by atoms with van der Waals surface area (Å²) < 4.78 is 6.57. The molecule has 0 bridgehead atoms. The topological polar surface area (TPSA) is 111 Å². The second-order valence-electron chi connectivity index (χ2n) is 4.13. The van der Waals surface area contributed by atoms with E-state index in [1.807, 2.05) is 0 Å². The van der Waals surface area contributed by atoms with Crippen LogP contribution >= 0.6 is 0 Å². The number of aromatic nitrogens is 2. The standard InChI is InChI=1S/C10H15N3O4/c1-5-3-13(10(16)12-8(5)11)9-7(15)2-6(4-14)17-9/h3,6-7,9,14-15H,2,4H2,1H3,(H2,11,12,16)/t6-,7+,9?/m0/s1. The van der Waals surface area contributed by atoms with Crippen molar-refractivity contribution in [2.75, 3.05) is 12.3 Å². The van der Waals surface area contributed by atoms with Crippen molar-refractivity contribution in [3.05, 3.63) is 22.2 Å². The fourth-order valence-corrected chi connectivity index (χ4v) is 1.86. The van der Waals surface area contributed by atoms with E-state index in [2.05, 4.69) is 4.98 Å². The average Bonchev–Trinajstić information content (AvgIpc) is 2.65. The molecule has 1 fully saturated rings. The van der Waals surface area contributed by atoms with Gasteiger partial charge in [0, 0.05) is 18.2 Å². The summed E-state index contributed by atoms with van der Waals surface area (Å²) in [5.74, 6) is 0.164. The average molecular weight is 241 g/mol. The van der Waals surface area contributed by atoms with E-state index in [0.717, 1.165) is 0 Å². The number of aliphatic hydroxyl groups is 2. The summed E-state index contributed by atoms with van der Waals surface area (Å²) >= 11 is 0. The summed E-state index contributed by atoms with van der Waals surface area (Å²) in [7, 11) is 0. The van der Waals surface area contributed by atoms with Gasteiger partial charge in [-0.3, -0.25) is 4.57 Å². The molecule has 7 nitrogen and oxygen atoms in total. The number of nitrogens with zero attached hydrogens (tertiary/aromatic N) is 2. The molecule has 1 aromatic rings. The van der Waals surface area contributed by atoms with Gasteiger partial charge in [-0.2, -0.15) is 4.98 Å². The summed E-state index contributed by atoms with van der Waals surface area (Å²) in [6.07, 6.45) is -0.323. The molecule has 94 valence electrons. The van der Waals surface area contributed by atoms with Crippen LogP contribution in [0.5, 0.6) is 0 Å². The van der Waals surface area contributed by atoms with Crippen LogP contribution in [0.1, 0.15) is 18.2 Å². The van der Waals surface area contributed by atoms with E-state index < -0.39 is 24.1 Å². The Morgan fingerprint density at radius 3 is 3.00 bits per heavy atom. The first-order valence-electron chi connectivity index (χ1n) is 5.32. The first kappa shape index (κ1) is 12.0. The van der Waals surface area contributed by atoms with Gasteiger partial charge in [0.25, 0.3) is 0 Å². The third-order valence-electron chi connectivity index (χ3n) is 2.82. The number of rotatable bonds is 2. The molecule has 3 atom stereocenters. The highest BCUT2D eigenvalue weighted by molar-refractivity contribution is 5.35. The molecule has 4 N–H and O–H groups in total. The molecule has 2 rings (SSSR count). The Balaban J connectivity index is 2.35. The van der Waals surface area contributed by atoms with E-state index in [0.29, 0.717) is 5.56 Å². The second kappa shape index (κ2) is 4.44. The van der Waals surface area contributed by atoms with Gasteiger partial charge >= 0.3 is 5.69 Å². The number of nitrogens with two attached hydrogens (primary N) is 1. The molecular formula is C10H15N3O4. The van der Waals surface area contributed by atoms with Gasteiger partial charge in [0.15, 0.2) is 6.23 Å². The fourth-order valence-electron chi connectivity index (χ4n) is 1.86. The predicted octanol–water partition coefficient (Wildman–Crippen LogP) is -1.23. The predicted molar refractivity (Wildman–Crippen MR) is 59.3 cm³/mol. The quantitative estimate of drug-likeness (QED) is 0.598.